The molecule has 1 aromatic carbocycles. The molecule has 2 fully saturated rings. The molecule has 1 saturated heterocycles. The Morgan fingerprint density at radius 1 is 1.26 bits per heavy atom. The van der Waals surface area contributed by atoms with Gasteiger partial charge in [-0.25, -0.2) is 14.5 Å². The zero-order chi connectivity index (χ0) is 24.8. The lowest BCUT2D eigenvalue weighted by Gasteiger charge is -2.43. The van der Waals surface area contributed by atoms with Gasteiger partial charge in [0.05, 0.1) is 17.5 Å². The minimum absolute atomic E-state index is 0.0347. The Hall–Kier alpha value is -2.88. The highest BCUT2D eigenvalue weighted by molar-refractivity contribution is 6.32. The molecule has 0 aromatic heterocycles. The maximum atomic E-state index is 13.3. The number of anilines is 1. The van der Waals surface area contributed by atoms with Crippen molar-refractivity contribution in [3.05, 3.63) is 28.1 Å². The molecule has 1 heterocycles. The van der Waals surface area contributed by atoms with Crippen LogP contribution in [0.2, 0.25) is 5.02 Å². The van der Waals surface area contributed by atoms with Gasteiger partial charge in [-0.2, -0.15) is 0 Å². The zero-order valence-corrected chi connectivity index (χ0v) is 20.5. The number of benzene rings is 1. The van der Waals surface area contributed by atoms with Gasteiger partial charge in [-0.05, 0) is 56.7 Å². The Labute approximate surface area is 204 Å². The Balaban J connectivity index is 1.78. The van der Waals surface area contributed by atoms with Gasteiger partial charge >= 0.3 is 12.1 Å². The summed E-state index contributed by atoms with van der Waals surface area (Å²) in [6.07, 6.45) is 3.01. The molecule has 10 nitrogen and oxygen atoms in total. The molecule has 3 rings (SSSR count). The van der Waals surface area contributed by atoms with Crippen molar-refractivity contribution in [1.29, 1.82) is 0 Å². The average Bonchev–Trinajstić information content (AvgIpc) is 2.79. The van der Waals surface area contributed by atoms with Crippen LogP contribution in [0.3, 0.4) is 0 Å². The van der Waals surface area contributed by atoms with Gasteiger partial charge in [0.25, 0.3) is 5.91 Å². The number of urea groups is 2. The summed E-state index contributed by atoms with van der Waals surface area (Å²) in [4.78, 5) is 50.2. The van der Waals surface area contributed by atoms with E-state index in [4.69, 9.17) is 16.3 Å². The van der Waals surface area contributed by atoms with Crippen LogP contribution in [0.4, 0.5) is 15.3 Å². The van der Waals surface area contributed by atoms with E-state index < -0.39 is 24.3 Å². The third-order valence-electron chi connectivity index (χ3n) is 6.13. The molecule has 1 saturated carbocycles. The van der Waals surface area contributed by atoms with Gasteiger partial charge in [-0.1, -0.05) is 31.4 Å². The first-order valence-corrected chi connectivity index (χ1v) is 12.0. The number of imide groups is 1. The monoisotopic (exact) mass is 493 g/mol. The van der Waals surface area contributed by atoms with Crippen LogP contribution in [0.15, 0.2) is 23.4 Å². The van der Waals surface area contributed by atoms with Gasteiger partial charge in [0.2, 0.25) is 0 Å². The van der Waals surface area contributed by atoms with Crippen molar-refractivity contribution in [2.24, 2.45) is 17.0 Å². The van der Waals surface area contributed by atoms with E-state index in [2.05, 4.69) is 22.7 Å². The lowest BCUT2D eigenvalue weighted by Crippen LogP contribution is -2.68. The number of hydrogen-bond donors (Lipinski definition) is 2. The quantitative estimate of drug-likeness (QED) is 0.477. The Bertz CT molecular complexity index is 919. The molecule has 1 aliphatic carbocycles. The van der Waals surface area contributed by atoms with Crippen molar-refractivity contribution in [2.75, 3.05) is 18.4 Å². The number of halogens is 1. The van der Waals surface area contributed by atoms with Crippen molar-refractivity contribution >= 4 is 35.3 Å². The van der Waals surface area contributed by atoms with Gasteiger partial charge in [0.15, 0.2) is 6.29 Å². The van der Waals surface area contributed by atoms with E-state index in [1.54, 1.807) is 23.1 Å². The summed E-state index contributed by atoms with van der Waals surface area (Å²) in [6.45, 7) is 6.26. The van der Waals surface area contributed by atoms with Crippen molar-refractivity contribution in [3.8, 4) is 5.75 Å². The molecule has 2 aliphatic rings. The predicted octanol–water partition coefficient (Wildman–Crippen LogP) is 4.78. The molecule has 0 bridgehead atoms. The molecule has 1 atom stereocenters. The van der Waals surface area contributed by atoms with E-state index >= 15 is 0 Å². The number of hydrogen-bond acceptors (Lipinski definition) is 6. The summed E-state index contributed by atoms with van der Waals surface area (Å²) in [5.74, 6) is 0.588. The van der Waals surface area contributed by atoms with Crippen LogP contribution in [0.1, 0.15) is 52.9 Å². The Kier molecular flexibility index (Phi) is 8.71. The van der Waals surface area contributed by atoms with E-state index in [1.165, 1.54) is 0 Å². The van der Waals surface area contributed by atoms with Crippen LogP contribution in [-0.4, -0.2) is 53.3 Å². The molecule has 0 spiro atoms. The molecule has 1 aliphatic heterocycles. The smallest absolute Gasteiger partial charge is 0.331 e. The maximum absolute atomic E-state index is 13.3. The van der Waals surface area contributed by atoms with Gasteiger partial charge in [-0.3, -0.25) is 15.0 Å². The first-order chi connectivity index (χ1) is 16.2. The number of carbonyl (C=O) groups is 3. The Morgan fingerprint density at radius 3 is 2.59 bits per heavy atom. The van der Waals surface area contributed by atoms with Crippen LogP contribution in [-0.2, 0) is 4.79 Å². The maximum Gasteiger partial charge on any atom is 0.331 e. The summed E-state index contributed by atoms with van der Waals surface area (Å²) < 4.78 is 5.67. The first-order valence-electron chi connectivity index (χ1n) is 11.7. The largest absolute Gasteiger partial charge is 0.489 e. The zero-order valence-electron chi connectivity index (χ0n) is 19.8. The molecule has 5 amide bonds. The highest BCUT2D eigenvalue weighted by atomic mass is 35.5. The lowest BCUT2D eigenvalue weighted by molar-refractivity contribution is -0.118. The van der Waals surface area contributed by atoms with Gasteiger partial charge < -0.3 is 10.1 Å². The van der Waals surface area contributed by atoms with Gasteiger partial charge in [0.1, 0.15) is 5.75 Å². The SMILES string of the molecule is CC1CCC(CN2C(=O)N(CCC(=O)N=O)C(=O)NC2Nc2ccc(OC(C)C)c(Cl)c2)CC1. The van der Waals surface area contributed by atoms with Crippen LogP contribution >= 0.6 is 11.6 Å². The van der Waals surface area contributed by atoms with Gasteiger partial charge in [-0.15, -0.1) is 4.91 Å². The van der Waals surface area contributed by atoms with Gasteiger partial charge in [0, 0.05) is 24.0 Å². The van der Waals surface area contributed by atoms with Crippen molar-refractivity contribution in [1.82, 2.24) is 15.1 Å². The molecule has 1 aromatic rings. The minimum atomic E-state index is -0.910. The van der Waals surface area contributed by atoms with Crippen LogP contribution in [0.5, 0.6) is 5.75 Å². The predicted molar refractivity (Wildman–Crippen MR) is 129 cm³/mol. The normalized spacial score (nSPS) is 23.0. The third-order valence-corrected chi connectivity index (χ3v) is 6.43. The lowest BCUT2D eigenvalue weighted by atomic mass is 9.83. The molecule has 11 heteroatoms. The average molecular weight is 494 g/mol. The minimum Gasteiger partial charge on any atom is -0.489 e. The fraction of sp³-hybridized carbons (Fsp3) is 0.609. The van der Waals surface area contributed by atoms with Crippen molar-refractivity contribution < 1.29 is 19.1 Å². The van der Waals surface area contributed by atoms with E-state index in [1.807, 2.05) is 13.8 Å². The Morgan fingerprint density at radius 2 is 1.97 bits per heavy atom. The van der Waals surface area contributed by atoms with E-state index in [-0.39, 0.29) is 19.1 Å². The second kappa shape index (κ2) is 11.5. The molecular formula is C23H32ClN5O5. The van der Waals surface area contributed by atoms with Crippen molar-refractivity contribution in [2.45, 2.75) is 65.3 Å². The molecule has 186 valence electrons. The van der Waals surface area contributed by atoms with E-state index in [9.17, 15) is 19.3 Å². The summed E-state index contributed by atoms with van der Waals surface area (Å²) in [6, 6.07) is 4.00. The summed E-state index contributed by atoms with van der Waals surface area (Å²) in [5.41, 5.74) is 0.607. The summed E-state index contributed by atoms with van der Waals surface area (Å²) >= 11 is 6.35. The molecule has 34 heavy (non-hydrogen) atoms. The van der Waals surface area contributed by atoms with E-state index in [0.29, 0.717) is 34.8 Å². The van der Waals surface area contributed by atoms with Crippen LogP contribution in [0, 0.1) is 16.7 Å². The van der Waals surface area contributed by atoms with Crippen LogP contribution < -0.4 is 15.4 Å². The number of rotatable bonds is 9. The molecule has 1 unspecified atom stereocenters. The third kappa shape index (κ3) is 6.59. The fourth-order valence-corrected chi connectivity index (χ4v) is 4.49. The highest BCUT2D eigenvalue weighted by Crippen LogP contribution is 2.31. The molecular weight excluding hydrogens is 462 g/mol. The summed E-state index contributed by atoms with van der Waals surface area (Å²) in [5, 5.41) is 8.71. The standard InChI is InChI=1S/C23H32ClN5O5/c1-14(2)34-19-9-8-17(12-18(19)24)25-21-26-22(31)28(11-10-20(30)27-33)23(32)29(21)13-16-6-4-15(3)5-7-16/h8-9,12,14-16,21,25H,4-7,10-11,13H2,1-3H3,(H,26,31). The number of amides is 5. The number of nitrogens with zero attached hydrogens (tertiary/aromatic N) is 3. The second-order valence-corrected chi connectivity index (χ2v) is 9.66. The first kappa shape index (κ1) is 25.7. The van der Waals surface area contributed by atoms with E-state index in [0.717, 1.165) is 30.6 Å². The number of nitrogens with one attached hydrogen (secondary N) is 2. The van der Waals surface area contributed by atoms with Crippen molar-refractivity contribution in [3.63, 3.8) is 0 Å². The highest BCUT2D eigenvalue weighted by Gasteiger charge is 2.39. The molecule has 0 radical (unpaired) electrons. The number of ether oxygens (including phenoxy) is 1. The molecule has 2 N–H and O–H groups in total. The summed E-state index contributed by atoms with van der Waals surface area (Å²) in [7, 11) is 0. The number of nitroso groups, excluding NO2 is 1. The van der Waals surface area contributed by atoms with Crippen LogP contribution in [0.25, 0.3) is 0 Å². The fourth-order valence-electron chi connectivity index (χ4n) is 4.26. The number of carbonyl (C=O) groups excluding carboxylic acids is 3. The topological polar surface area (TPSA) is 120 Å². The second-order valence-electron chi connectivity index (χ2n) is 9.26.